The number of furan rings is 1. The monoisotopic (exact) mass is 317 g/mol. The fraction of sp³-hybridized carbons (Fsp3) is 0.353. The van der Waals surface area contributed by atoms with Crippen LogP contribution in [0.15, 0.2) is 40.8 Å². The fourth-order valence-electron chi connectivity index (χ4n) is 2.64. The van der Waals surface area contributed by atoms with Crippen molar-refractivity contribution in [2.24, 2.45) is 0 Å². The predicted molar refractivity (Wildman–Crippen MR) is 87.4 cm³/mol. The number of ether oxygens (including phenoxy) is 1. The van der Waals surface area contributed by atoms with Crippen LogP contribution in [0.25, 0.3) is 0 Å². The number of amides is 1. The topological polar surface area (TPSA) is 42.7 Å². The number of rotatable bonds is 5. The average Bonchev–Trinajstić information content (AvgIpc) is 3.12. The van der Waals surface area contributed by atoms with Crippen LogP contribution in [0.5, 0.6) is 5.75 Å². The van der Waals surface area contributed by atoms with Gasteiger partial charge < -0.3 is 14.1 Å². The Labute approximate surface area is 134 Å². The second kappa shape index (κ2) is 6.48. The van der Waals surface area contributed by atoms with E-state index in [1.54, 1.807) is 29.8 Å². The summed E-state index contributed by atoms with van der Waals surface area (Å²) in [6, 6.07) is 11.6. The predicted octanol–water partition coefficient (Wildman–Crippen LogP) is 3.22. The number of hydrogen-bond acceptors (Lipinski definition) is 4. The van der Waals surface area contributed by atoms with Crippen LogP contribution in [0, 0.1) is 0 Å². The van der Waals surface area contributed by atoms with Gasteiger partial charge in [-0.3, -0.25) is 4.79 Å². The van der Waals surface area contributed by atoms with E-state index in [-0.39, 0.29) is 12.0 Å². The molecule has 1 aliphatic heterocycles. The zero-order valence-corrected chi connectivity index (χ0v) is 13.6. The first-order chi connectivity index (χ1) is 10.7. The van der Waals surface area contributed by atoms with Crippen LogP contribution in [0.1, 0.15) is 21.9 Å². The molecule has 3 rings (SSSR count). The summed E-state index contributed by atoms with van der Waals surface area (Å²) < 4.78 is 11.5. The normalized spacial score (nSPS) is 16.2. The SMILES string of the molecule is CSCc1ccc(C(=O)N(C)CC2Cc3ccccc3O2)o1. The van der Waals surface area contributed by atoms with Crippen LogP contribution in [0.4, 0.5) is 0 Å². The van der Waals surface area contributed by atoms with E-state index < -0.39 is 0 Å². The maximum Gasteiger partial charge on any atom is 0.289 e. The Morgan fingerprint density at radius 3 is 2.91 bits per heavy atom. The number of thioether (sulfide) groups is 1. The van der Waals surface area contributed by atoms with Crippen molar-refractivity contribution in [2.45, 2.75) is 18.3 Å². The minimum absolute atomic E-state index is 0.00646. The third-order valence-corrected chi connectivity index (χ3v) is 4.27. The van der Waals surface area contributed by atoms with Gasteiger partial charge >= 0.3 is 0 Å². The maximum absolute atomic E-state index is 12.4. The third kappa shape index (κ3) is 3.14. The van der Waals surface area contributed by atoms with Crippen molar-refractivity contribution < 1.29 is 13.9 Å². The van der Waals surface area contributed by atoms with Gasteiger partial charge in [0.25, 0.3) is 5.91 Å². The van der Waals surface area contributed by atoms with Gasteiger partial charge in [0, 0.05) is 13.5 Å². The summed E-state index contributed by atoms with van der Waals surface area (Å²) in [4.78, 5) is 14.1. The molecule has 5 heteroatoms. The quantitative estimate of drug-likeness (QED) is 0.849. The molecular formula is C17H19NO3S. The molecule has 22 heavy (non-hydrogen) atoms. The minimum Gasteiger partial charge on any atom is -0.488 e. The number of benzene rings is 1. The molecule has 0 bridgehead atoms. The number of hydrogen-bond donors (Lipinski definition) is 0. The molecule has 1 unspecified atom stereocenters. The molecular weight excluding hydrogens is 298 g/mol. The van der Waals surface area contributed by atoms with E-state index >= 15 is 0 Å². The molecule has 0 radical (unpaired) electrons. The van der Waals surface area contributed by atoms with Gasteiger partial charge in [-0.1, -0.05) is 18.2 Å². The molecule has 0 fully saturated rings. The molecule has 0 aliphatic carbocycles. The Bertz CT molecular complexity index is 642. The van der Waals surface area contributed by atoms with E-state index in [2.05, 4.69) is 6.07 Å². The van der Waals surface area contributed by atoms with Gasteiger partial charge in [0.15, 0.2) is 5.76 Å². The van der Waals surface area contributed by atoms with Crippen LogP contribution >= 0.6 is 11.8 Å². The van der Waals surface area contributed by atoms with Crippen molar-refractivity contribution in [3.8, 4) is 5.75 Å². The van der Waals surface area contributed by atoms with Crippen molar-refractivity contribution in [3.05, 3.63) is 53.5 Å². The zero-order chi connectivity index (χ0) is 15.5. The van der Waals surface area contributed by atoms with Crippen LogP contribution in [-0.4, -0.2) is 36.8 Å². The standard InChI is InChI=1S/C17H19NO3S/c1-18(17(19)16-8-7-13(20-16)11-22-2)10-14-9-12-5-3-4-6-15(12)21-14/h3-8,14H,9-11H2,1-2H3. The first-order valence-corrected chi connectivity index (χ1v) is 8.64. The highest BCUT2D eigenvalue weighted by Gasteiger charge is 2.26. The molecule has 0 saturated carbocycles. The highest BCUT2D eigenvalue weighted by molar-refractivity contribution is 7.97. The van der Waals surface area contributed by atoms with E-state index in [0.29, 0.717) is 12.3 Å². The Morgan fingerprint density at radius 2 is 2.14 bits per heavy atom. The second-order valence-corrected chi connectivity index (χ2v) is 6.30. The van der Waals surface area contributed by atoms with Crippen LogP contribution in [0.3, 0.4) is 0 Å². The fourth-order valence-corrected chi connectivity index (χ4v) is 3.08. The molecule has 0 N–H and O–H groups in total. The number of nitrogens with zero attached hydrogens (tertiary/aromatic N) is 1. The van der Waals surface area contributed by atoms with Gasteiger partial charge in [-0.25, -0.2) is 0 Å². The molecule has 2 heterocycles. The Kier molecular flexibility index (Phi) is 4.43. The van der Waals surface area contributed by atoms with Crippen molar-refractivity contribution in [2.75, 3.05) is 19.8 Å². The largest absolute Gasteiger partial charge is 0.488 e. The lowest BCUT2D eigenvalue weighted by Gasteiger charge is -2.20. The van der Waals surface area contributed by atoms with E-state index in [4.69, 9.17) is 9.15 Å². The lowest BCUT2D eigenvalue weighted by molar-refractivity contribution is 0.0698. The highest BCUT2D eigenvalue weighted by Crippen LogP contribution is 2.28. The summed E-state index contributed by atoms with van der Waals surface area (Å²) in [5, 5.41) is 0. The van der Waals surface area contributed by atoms with Crippen molar-refractivity contribution >= 4 is 17.7 Å². The molecule has 1 aromatic heterocycles. The average molecular weight is 317 g/mol. The van der Waals surface area contributed by atoms with Gasteiger partial charge in [0.1, 0.15) is 17.6 Å². The molecule has 4 nitrogen and oxygen atoms in total. The van der Waals surface area contributed by atoms with Crippen LogP contribution < -0.4 is 4.74 Å². The molecule has 116 valence electrons. The lowest BCUT2D eigenvalue weighted by Crippen LogP contribution is -2.36. The number of fused-ring (bicyclic) bond motifs is 1. The van der Waals surface area contributed by atoms with Crippen molar-refractivity contribution in [1.29, 1.82) is 0 Å². The maximum atomic E-state index is 12.4. The first-order valence-electron chi connectivity index (χ1n) is 7.25. The van der Waals surface area contributed by atoms with Crippen molar-refractivity contribution in [3.63, 3.8) is 0 Å². The van der Waals surface area contributed by atoms with E-state index in [1.807, 2.05) is 30.5 Å². The molecule has 0 saturated heterocycles. The van der Waals surface area contributed by atoms with E-state index in [0.717, 1.165) is 23.7 Å². The van der Waals surface area contributed by atoms with Crippen LogP contribution in [-0.2, 0) is 12.2 Å². The molecule has 0 spiro atoms. The number of carbonyl (C=O) groups excluding carboxylic acids is 1. The van der Waals surface area contributed by atoms with Crippen molar-refractivity contribution in [1.82, 2.24) is 4.90 Å². The molecule has 1 atom stereocenters. The Hall–Kier alpha value is -1.88. The Balaban J connectivity index is 1.60. The van der Waals surface area contributed by atoms with Gasteiger partial charge in [0.2, 0.25) is 0 Å². The van der Waals surface area contributed by atoms with E-state index in [9.17, 15) is 4.79 Å². The summed E-state index contributed by atoms with van der Waals surface area (Å²) in [6.07, 6.45) is 2.85. The second-order valence-electron chi connectivity index (χ2n) is 5.44. The van der Waals surface area contributed by atoms with Gasteiger partial charge in [-0.05, 0) is 30.0 Å². The molecule has 2 aromatic rings. The number of carbonyl (C=O) groups is 1. The summed E-state index contributed by atoms with van der Waals surface area (Å²) in [7, 11) is 1.78. The van der Waals surface area contributed by atoms with Gasteiger partial charge in [-0.2, -0.15) is 11.8 Å². The van der Waals surface area contributed by atoms with Gasteiger partial charge in [0.05, 0.1) is 12.3 Å². The summed E-state index contributed by atoms with van der Waals surface area (Å²) in [6.45, 7) is 0.548. The summed E-state index contributed by atoms with van der Waals surface area (Å²) >= 11 is 1.67. The Morgan fingerprint density at radius 1 is 1.32 bits per heavy atom. The lowest BCUT2D eigenvalue weighted by atomic mass is 10.1. The zero-order valence-electron chi connectivity index (χ0n) is 12.7. The third-order valence-electron chi connectivity index (χ3n) is 3.70. The van der Waals surface area contributed by atoms with Gasteiger partial charge in [-0.15, -0.1) is 0 Å². The number of likely N-dealkylation sites (N-methyl/N-ethyl adjacent to an activating group) is 1. The minimum atomic E-state index is -0.105. The number of para-hydroxylation sites is 1. The smallest absolute Gasteiger partial charge is 0.289 e. The molecule has 1 aliphatic rings. The molecule has 1 amide bonds. The molecule has 1 aromatic carbocycles. The summed E-state index contributed by atoms with van der Waals surface area (Å²) in [5.74, 6) is 2.81. The first kappa shape index (κ1) is 15.0. The highest BCUT2D eigenvalue weighted by atomic mass is 32.2. The van der Waals surface area contributed by atoms with E-state index in [1.165, 1.54) is 5.56 Å². The summed E-state index contributed by atoms with van der Waals surface area (Å²) in [5.41, 5.74) is 1.20. The van der Waals surface area contributed by atoms with Crippen LogP contribution in [0.2, 0.25) is 0 Å².